The quantitative estimate of drug-likeness (QED) is 0.593. The first-order valence-electron chi connectivity index (χ1n) is 5.71. The summed E-state index contributed by atoms with van der Waals surface area (Å²) in [6.07, 6.45) is 2.64. The van der Waals surface area contributed by atoms with E-state index in [2.05, 4.69) is 9.89 Å². The van der Waals surface area contributed by atoms with Gasteiger partial charge in [-0.25, -0.2) is 9.18 Å². The summed E-state index contributed by atoms with van der Waals surface area (Å²) in [4.78, 5) is 16.6. The number of aliphatic imine (C=N–C) groups is 1. The summed E-state index contributed by atoms with van der Waals surface area (Å²) in [7, 11) is 2.05. The lowest BCUT2D eigenvalue weighted by Gasteiger charge is -2.18. The number of hydrogen-bond acceptors (Lipinski definition) is 3. The zero-order valence-corrected chi connectivity index (χ0v) is 9.77. The highest BCUT2D eigenvalue weighted by Crippen LogP contribution is 2.32. The average Bonchev–Trinajstić information content (AvgIpc) is 2.74. The summed E-state index contributed by atoms with van der Waals surface area (Å²) in [5.74, 6) is 0.0398. The maximum Gasteiger partial charge on any atom is 0.235 e. The standard InChI is InChI=1S/C13H15FN2O/c1-16-7-6-11(8-16)13(15-9-17)10-2-4-12(14)5-3-10/h2-5,11,13H,6-8H2,1H3. The lowest BCUT2D eigenvalue weighted by atomic mass is 9.93. The normalized spacial score (nSPS) is 22.1. The number of rotatable bonds is 3. The molecule has 0 amide bonds. The van der Waals surface area contributed by atoms with Gasteiger partial charge in [-0.2, -0.15) is 4.99 Å². The van der Waals surface area contributed by atoms with E-state index in [0.29, 0.717) is 5.92 Å². The number of benzene rings is 1. The van der Waals surface area contributed by atoms with E-state index < -0.39 is 0 Å². The molecule has 0 spiro atoms. The van der Waals surface area contributed by atoms with Gasteiger partial charge in [0.15, 0.2) is 0 Å². The third kappa shape index (κ3) is 2.78. The first-order chi connectivity index (χ1) is 8.20. The van der Waals surface area contributed by atoms with Gasteiger partial charge in [-0.05, 0) is 37.7 Å². The van der Waals surface area contributed by atoms with Gasteiger partial charge in [-0.15, -0.1) is 0 Å². The minimum Gasteiger partial charge on any atom is -0.306 e. The van der Waals surface area contributed by atoms with Gasteiger partial charge >= 0.3 is 0 Å². The minimum absolute atomic E-state index is 0.196. The first kappa shape index (κ1) is 12.0. The molecular formula is C13H15FN2O. The summed E-state index contributed by atoms with van der Waals surface area (Å²) in [5.41, 5.74) is 0.884. The zero-order chi connectivity index (χ0) is 12.3. The van der Waals surface area contributed by atoms with Gasteiger partial charge in [-0.1, -0.05) is 12.1 Å². The molecule has 1 fully saturated rings. The second-order valence-corrected chi connectivity index (χ2v) is 4.53. The molecule has 3 nitrogen and oxygen atoms in total. The van der Waals surface area contributed by atoms with Crippen molar-refractivity contribution in [2.45, 2.75) is 12.5 Å². The number of isocyanates is 1. The van der Waals surface area contributed by atoms with Crippen LogP contribution in [0.25, 0.3) is 0 Å². The lowest BCUT2D eigenvalue weighted by molar-refractivity contribution is 0.372. The van der Waals surface area contributed by atoms with Gasteiger partial charge in [0.05, 0.1) is 6.04 Å². The van der Waals surface area contributed by atoms with Crippen LogP contribution in [-0.4, -0.2) is 31.1 Å². The van der Waals surface area contributed by atoms with Crippen LogP contribution in [0.15, 0.2) is 29.3 Å². The second kappa shape index (κ2) is 5.21. The van der Waals surface area contributed by atoms with Crippen LogP contribution in [0.2, 0.25) is 0 Å². The topological polar surface area (TPSA) is 32.7 Å². The Morgan fingerprint density at radius 1 is 1.47 bits per heavy atom. The summed E-state index contributed by atoms with van der Waals surface area (Å²) >= 11 is 0. The van der Waals surface area contributed by atoms with E-state index in [1.54, 1.807) is 18.2 Å². The Kier molecular flexibility index (Phi) is 3.67. The molecule has 0 saturated carbocycles. The molecular weight excluding hydrogens is 219 g/mol. The smallest absolute Gasteiger partial charge is 0.235 e. The highest BCUT2D eigenvalue weighted by molar-refractivity contribution is 5.36. The molecule has 0 radical (unpaired) electrons. The van der Waals surface area contributed by atoms with Crippen molar-refractivity contribution < 1.29 is 9.18 Å². The second-order valence-electron chi connectivity index (χ2n) is 4.53. The molecule has 0 aromatic heterocycles. The fraction of sp³-hybridized carbons (Fsp3) is 0.462. The van der Waals surface area contributed by atoms with E-state index in [9.17, 15) is 9.18 Å². The molecule has 1 aliphatic rings. The average molecular weight is 234 g/mol. The molecule has 2 unspecified atom stereocenters. The van der Waals surface area contributed by atoms with Crippen LogP contribution in [0.3, 0.4) is 0 Å². The molecule has 2 rings (SSSR count). The van der Waals surface area contributed by atoms with E-state index in [1.165, 1.54) is 12.1 Å². The maximum absolute atomic E-state index is 12.9. The van der Waals surface area contributed by atoms with E-state index in [4.69, 9.17) is 0 Å². The summed E-state index contributed by atoms with van der Waals surface area (Å²) in [6.45, 7) is 1.92. The van der Waals surface area contributed by atoms with Crippen molar-refractivity contribution in [2.24, 2.45) is 10.9 Å². The summed E-state index contributed by atoms with van der Waals surface area (Å²) < 4.78 is 12.9. The monoisotopic (exact) mass is 234 g/mol. The molecule has 1 aliphatic heterocycles. The van der Waals surface area contributed by atoms with Crippen LogP contribution in [0.5, 0.6) is 0 Å². The maximum atomic E-state index is 12.9. The predicted octanol–water partition coefficient (Wildman–Crippen LogP) is 2.15. The fourth-order valence-electron chi connectivity index (χ4n) is 2.40. The summed E-state index contributed by atoms with van der Waals surface area (Å²) in [5, 5.41) is 0. The van der Waals surface area contributed by atoms with Crippen LogP contribution >= 0.6 is 0 Å². The van der Waals surface area contributed by atoms with Crippen molar-refractivity contribution in [3.63, 3.8) is 0 Å². The van der Waals surface area contributed by atoms with Crippen molar-refractivity contribution >= 4 is 6.08 Å². The zero-order valence-electron chi connectivity index (χ0n) is 9.77. The van der Waals surface area contributed by atoms with Crippen molar-refractivity contribution in [1.29, 1.82) is 0 Å². The van der Waals surface area contributed by atoms with Crippen molar-refractivity contribution in [3.05, 3.63) is 35.6 Å². The van der Waals surface area contributed by atoms with E-state index >= 15 is 0 Å². The molecule has 4 heteroatoms. The van der Waals surface area contributed by atoms with Crippen LogP contribution in [0.4, 0.5) is 4.39 Å². The molecule has 1 heterocycles. The van der Waals surface area contributed by atoms with Crippen LogP contribution in [-0.2, 0) is 4.79 Å². The molecule has 0 aliphatic carbocycles. The Hall–Kier alpha value is -1.51. The highest BCUT2D eigenvalue weighted by atomic mass is 19.1. The van der Waals surface area contributed by atoms with Crippen molar-refractivity contribution in [2.75, 3.05) is 20.1 Å². The SMILES string of the molecule is CN1CCC(C(N=C=O)c2ccc(F)cc2)C1. The van der Waals surface area contributed by atoms with Crippen molar-refractivity contribution in [1.82, 2.24) is 4.90 Å². The molecule has 0 N–H and O–H groups in total. The van der Waals surface area contributed by atoms with Gasteiger partial charge in [0.2, 0.25) is 6.08 Å². The third-order valence-corrected chi connectivity index (χ3v) is 3.28. The van der Waals surface area contributed by atoms with E-state index in [0.717, 1.165) is 25.1 Å². The molecule has 17 heavy (non-hydrogen) atoms. The lowest BCUT2D eigenvalue weighted by Crippen LogP contribution is -2.17. The van der Waals surface area contributed by atoms with Crippen LogP contribution in [0.1, 0.15) is 18.0 Å². The minimum atomic E-state index is -0.272. The van der Waals surface area contributed by atoms with E-state index in [-0.39, 0.29) is 11.9 Å². The largest absolute Gasteiger partial charge is 0.306 e. The number of hydrogen-bond donors (Lipinski definition) is 0. The Labute approximate surface area is 100.0 Å². The fourth-order valence-corrected chi connectivity index (χ4v) is 2.40. The highest BCUT2D eigenvalue weighted by Gasteiger charge is 2.28. The summed E-state index contributed by atoms with van der Waals surface area (Å²) in [6, 6.07) is 6.00. The Morgan fingerprint density at radius 3 is 2.71 bits per heavy atom. The van der Waals surface area contributed by atoms with Gasteiger partial charge < -0.3 is 4.90 Å². The van der Waals surface area contributed by atoms with Crippen LogP contribution < -0.4 is 0 Å². The number of nitrogens with zero attached hydrogens (tertiary/aromatic N) is 2. The Morgan fingerprint density at radius 2 is 2.18 bits per heavy atom. The molecule has 2 atom stereocenters. The molecule has 1 aromatic rings. The van der Waals surface area contributed by atoms with E-state index in [1.807, 2.05) is 7.05 Å². The molecule has 0 bridgehead atoms. The number of halogens is 1. The van der Waals surface area contributed by atoms with Gasteiger partial charge in [0, 0.05) is 12.5 Å². The third-order valence-electron chi connectivity index (χ3n) is 3.28. The Balaban J connectivity index is 2.22. The van der Waals surface area contributed by atoms with Crippen molar-refractivity contribution in [3.8, 4) is 0 Å². The van der Waals surface area contributed by atoms with Crippen LogP contribution in [0, 0.1) is 11.7 Å². The molecule has 1 aromatic carbocycles. The van der Waals surface area contributed by atoms with Gasteiger partial charge in [-0.3, -0.25) is 0 Å². The van der Waals surface area contributed by atoms with Gasteiger partial charge in [0.25, 0.3) is 0 Å². The number of carbonyl (C=O) groups excluding carboxylic acids is 1. The molecule has 90 valence electrons. The Bertz CT molecular complexity index is 426. The first-order valence-corrected chi connectivity index (χ1v) is 5.71. The number of likely N-dealkylation sites (tertiary alicyclic amines) is 1. The van der Waals surface area contributed by atoms with Gasteiger partial charge in [0.1, 0.15) is 5.82 Å². The molecule has 1 saturated heterocycles. The predicted molar refractivity (Wildman–Crippen MR) is 62.9 cm³/mol.